The van der Waals surface area contributed by atoms with Gasteiger partial charge in [-0.25, -0.2) is 4.39 Å². The van der Waals surface area contributed by atoms with Gasteiger partial charge >= 0.3 is 0 Å². The quantitative estimate of drug-likeness (QED) is 0.496. The van der Waals surface area contributed by atoms with Crippen LogP contribution < -0.4 is 15.6 Å². The van der Waals surface area contributed by atoms with Crippen LogP contribution in [0, 0.1) is 5.82 Å². The lowest BCUT2D eigenvalue weighted by Gasteiger charge is -2.29. The number of amides is 1. The lowest BCUT2D eigenvalue weighted by atomic mass is 10.1. The number of ether oxygens (including phenoxy) is 1. The Hall–Kier alpha value is -3.71. The Labute approximate surface area is 177 Å². The van der Waals surface area contributed by atoms with E-state index in [2.05, 4.69) is 15.2 Å². The van der Waals surface area contributed by atoms with Gasteiger partial charge in [0.15, 0.2) is 5.43 Å². The smallest absolute Gasteiger partial charge is 0.257 e. The summed E-state index contributed by atoms with van der Waals surface area (Å²) in [6.45, 7) is 2.93. The van der Waals surface area contributed by atoms with Crippen molar-refractivity contribution in [2.75, 3.05) is 36.5 Å². The molecule has 5 rings (SSSR count). The van der Waals surface area contributed by atoms with Gasteiger partial charge in [0.1, 0.15) is 5.82 Å². The molecule has 0 radical (unpaired) electrons. The molecule has 1 fully saturated rings. The van der Waals surface area contributed by atoms with Crippen LogP contribution >= 0.6 is 0 Å². The molecule has 156 valence electrons. The molecule has 1 saturated heterocycles. The van der Waals surface area contributed by atoms with Crippen LogP contribution in [0.4, 0.5) is 15.8 Å². The number of aromatic amines is 1. The predicted octanol–water partition coefficient (Wildman–Crippen LogP) is 3.91. The van der Waals surface area contributed by atoms with E-state index in [1.165, 1.54) is 12.1 Å². The van der Waals surface area contributed by atoms with Crippen molar-refractivity contribution >= 4 is 39.1 Å². The van der Waals surface area contributed by atoms with E-state index in [-0.39, 0.29) is 27.8 Å². The SMILES string of the molecule is O=C(Nc1cccc(N2CCOCC2)c1)c1cccc2c(=O)c3cccc(F)c3[nH]c12. The standard InChI is InChI=1S/C24H20FN3O3/c25-20-9-3-7-18-22(20)27-21-17(23(18)29)6-2-8-19(21)24(30)26-15-4-1-5-16(14-15)28-10-12-31-13-11-28/h1-9,14H,10-13H2,(H,26,30)(H,27,29). The first-order valence-electron chi connectivity index (χ1n) is 10.1. The highest BCUT2D eigenvalue weighted by molar-refractivity contribution is 6.13. The fourth-order valence-electron chi connectivity index (χ4n) is 3.98. The summed E-state index contributed by atoms with van der Waals surface area (Å²) in [5.41, 5.74) is 2.01. The average Bonchev–Trinajstić information content (AvgIpc) is 2.80. The average molecular weight is 417 g/mol. The van der Waals surface area contributed by atoms with Crippen molar-refractivity contribution in [2.45, 2.75) is 0 Å². The Bertz CT molecular complexity index is 1360. The van der Waals surface area contributed by atoms with E-state index in [4.69, 9.17) is 4.74 Å². The third-order valence-electron chi connectivity index (χ3n) is 5.54. The van der Waals surface area contributed by atoms with Crippen molar-refractivity contribution in [3.8, 4) is 0 Å². The van der Waals surface area contributed by atoms with Gasteiger partial charge in [-0.15, -0.1) is 0 Å². The van der Waals surface area contributed by atoms with Crippen LogP contribution in [0.2, 0.25) is 0 Å². The fourth-order valence-corrected chi connectivity index (χ4v) is 3.98. The molecule has 1 amide bonds. The number of H-pyrrole nitrogens is 1. The molecule has 0 saturated carbocycles. The highest BCUT2D eigenvalue weighted by Crippen LogP contribution is 2.23. The summed E-state index contributed by atoms with van der Waals surface area (Å²) < 4.78 is 19.7. The first-order chi connectivity index (χ1) is 15.1. The minimum Gasteiger partial charge on any atom is -0.378 e. The molecule has 0 atom stereocenters. The second-order valence-corrected chi connectivity index (χ2v) is 7.45. The molecule has 0 unspecified atom stereocenters. The maximum absolute atomic E-state index is 14.3. The summed E-state index contributed by atoms with van der Waals surface area (Å²) in [4.78, 5) is 31.1. The van der Waals surface area contributed by atoms with Gasteiger partial charge in [-0.2, -0.15) is 0 Å². The van der Waals surface area contributed by atoms with Gasteiger partial charge < -0.3 is 19.9 Å². The second kappa shape index (κ2) is 7.85. The number of hydrogen-bond acceptors (Lipinski definition) is 4. The number of para-hydroxylation sites is 2. The number of nitrogens with one attached hydrogen (secondary N) is 2. The number of fused-ring (bicyclic) bond motifs is 2. The van der Waals surface area contributed by atoms with E-state index in [9.17, 15) is 14.0 Å². The first kappa shape index (κ1) is 19.3. The topological polar surface area (TPSA) is 74.4 Å². The number of carbonyl (C=O) groups is 1. The summed E-state index contributed by atoms with van der Waals surface area (Å²) in [6, 6.07) is 16.8. The van der Waals surface area contributed by atoms with Crippen molar-refractivity contribution < 1.29 is 13.9 Å². The van der Waals surface area contributed by atoms with Gasteiger partial charge in [-0.1, -0.05) is 18.2 Å². The van der Waals surface area contributed by atoms with Crippen molar-refractivity contribution in [1.82, 2.24) is 4.98 Å². The van der Waals surface area contributed by atoms with Crippen LogP contribution in [0.3, 0.4) is 0 Å². The van der Waals surface area contributed by atoms with E-state index < -0.39 is 5.82 Å². The molecule has 4 aromatic rings. The summed E-state index contributed by atoms with van der Waals surface area (Å²) in [5.74, 6) is -0.916. The number of morpholine rings is 1. The van der Waals surface area contributed by atoms with Crippen molar-refractivity contribution in [2.24, 2.45) is 0 Å². The molecule has 0 bridgehead atoms. The number of rotatable bonds is 3. The Morgan fingerprint density at radius 2 is 1.68 bits per heavy atom. The number of hydrogen-bond donors (Lipinski definition) is 2. The third-order valence-corrected chi connectivity index (χ3v) is 5.54. The number of anilines is 2. The van der Waals surface area contributed by atoms with Crippen molar-refractivity contribution in [3.05, 3.63) is 82.3 Å². The number of pyridine rings is 1. The zero-order valence-corrected chi connectivity index (χ0v) is 16.7. The number of carbonyl (C=O) groups excluding carboxylic acids is 1. The van der Waals surface area contributed by atoms with Crippen molar-refractivity contribution in [3.63, 3.8) is 0 Å². The Morgan fingerprint density at radius 3 is 2.48 bits per heavy atom. The van der Waals surface area contributed by atoms with E-state index >= 15 is 0 Å². The molecule has 1 aliphatic rings. The molecule has 7 heteroatoms. The highest BCUT2D eigenvalue weighted by atomic mass is 19.1. The molecule has 2 N–H and O–H groups in total. The molecular weight excluding hydrogens is 397 g/mol. The monoisotopic (exact) mass is 417 g/mol. The molecule has 2 heterocycles. The molecule has 6 nitrogen and oxygen atoms in total. The van der Waals surface area contributed by atoms with Gasteiger partial charge in [0.25, 0.3) is 5.91 Å². The van der Waals surface area contributed by atoms with Crippen LogP contribution in [-0.4, -0.2) is 37.2 Å². The van der Waals surface area contributed by atoms with Gasteiger partial charge in [0.05, 0.1) is 29.8 Å². The molecule has 0 spiro atoms. The molecular formula is C24H20FN3O3. The highest BCUT2D eigenvalue weighted by Gasteiger charge is 2.16. The molecule has 3 aromatic carbocycles. The molecule has 0 aliphatic carbocycles. The summed E-state index contributed by atoms with van der Waals surface area (Å²) in [5, 5.41) is 3.49. The zero-order chi connectivity index (χ0) is 21.4. The zero-order valence-electron chi connectivity index (χ0n) is 16.7. The van der Waals surface area contributed by atoms with Crippen LogP contribution in [0.15, 0.2) is 65.5 Å². The largest absolute Gasteiger partial charge is 0.378 e. The molecule has 1 aliphatic heterocycles. The van der Waals surface area contributed by atoms with Gasteiger partial charge in [-0.3, -0.25) is 9.59 Å². The fraction of sp³-hybridized carbons (Fsp3) is 0.167. The summed E-state index contributed by atoms with van der Waals surface area (Å²) in [7, 11) is 0. The molecule has 1 aromatic heterocycles. The van der Waals surface area contributed by atoms with E-state index in [0.717, 1.165) is 18.8 Å². The number of benzene rings is 3. The number of aromatic nitrogens is 1. The minimum absolute atomic E-state index is 0.0922. The lowest BCUT2D eigenvalue weighted by Crippen LogP contribution is -2.36. The number of halogens is 1. The van der Waals surface area contributed by atoms with Gasteiger partial charge in [-0.05, 0) is 42.5 Å². The van der Waals surface area contributed by atoms with Crippen molar-refractivity contribution in [1.29, 1.82) is 0 Å². The first-order valence-corrected chi connectivity index (χ1v) is 10.1. The van der Waals surface area contributed by atoms with Gasteiger partial charge in [0, 0.05) is 35.2 Å². The maximum atomic E-state index is 14.3. The van der Waals surface area contributed by atoms with Crippen LogP contribution in [0.5, 0.6) is 0 Å². The normalized spacial score (nSPS) is 14.2. The minimum atomic E-state index is -0.537. The lowest BCUT2D eigenvalue weighted by molar-refractivity contribution is 0.102. The molecule has 31 heavy (non-hydrogen) atoms. The van der Waals surface area contributed by atoms with E-state index in [0.29, 0.717) is 29.8 Å². The summed E-state index contributed by atoms with van der Waals surface area (Å²) >= 11 is 0. The Kier molecular flexibility index (Phi) is 4.88. The summed E-state index contributed by atoms with van der Waals surface area (Å²) in [6.07, 6.45) is 0. The Morgan fingerprint density at radius 1 is 0.968 bits per heavy atom. The van der Waals surface area contributed by atoms with E-state index in [1.807, 2.05) is 24.3 Å². The van der Waals surface area contributed by atoms with Crippen LogP contribution in [0.1, 0.15) is 10.4 Å². The van der Waals surface area contributed by atoms with E-state index in [1.54, 1.807) is 24.3 Å². The van der Waals surface area contributed by atoms with Gasteiger partial charge in [0.2, 0.25) is 0 Å². The third kappa shape index (κ3) is 3.53. The number of nitrogens with zero attached hydrogens (tertiary/aromatic N) is 1. The maximum Gasteiger partial charge on any atom is 0.257 e. The van der Waals surface area contributed by atoms with Crippen LogP contribution in [-0.2, 0) is 4.74 Å². The van der Waals surface area contributed by atoms with Crippen LogP contribution in [0.25, 0.3) is 21.8 Å². The second-order valence-electron chi connectivity index (χ2n) is 7.45. The predicted molar refractivity (Wildman–Crippen MR) is 119 cm³/mol. The Balaban J connectivity index is 1.52.